The van der Waals surface area contributed by atoms with Crippen LogP contribution in [-0.4, -0.2) is 40.6 Å². The van der Waals surface area contributed by atoms with Gasteiger partial charge in [-0.05, 0) is 42.4 Å². The minimum atomic E-state index is -4.47. The van der Waals surface area contributed by atoms with E-state index in [1.807, 2.05) is 12.1 Å². The number of hydrogen-bond donors (Lipinski definition) is 1. The van der Waals surface area contributed by atoms with Crippen molar-refractivity contribution in [2.24, 2.45) is 11.8 Å². The summed E-state index contributed by atoms with van der Waals surface area (Å²) in [5.74, 6) is 2.43. The Kier molecular flexibility index (Phi) is 5.38. The number of methoxy groups -OCH3 is 1. The third-order valence-electron chi connectivity index (χ3n) is 6.35. The number of nitrogens with one attached hydrogen (secondary N) is 1. The van der Waals surface area contributed by atoms with E-state index in [-0.39, 0.29) is 0 Å². The van der Waals surface area contributed by atoms with Gasteiger partial charge in [0, 0.05) is 25.2 Å². The number of hydrogen-bond acceptors (Lipinski definition) is 5. The van der Waals surface area contributed by atoms with Crippen LogP contribution < -0.4 is 10.1 Å². The van der Waals surface area contributed by atoms with Crippen LogP contribution in [0.15, 0.2) is 36.7 Å². The van der Waals surface area contributed by atoms with Crippen molar-refractivity contribution < 1.29 is 17.9 Å². The molecule has 2 aromatic rings. The maximum absolute atomic E-state index is 12.7. The maximum Gasteiger partial charge on any atom is 0.434 e. The number of halogens is 3. The van der Waals surface area contributed by atoms with Crippen molar-refractivity contribution in [1.29, 1.82) is 0 Å². The molecular weight excluding hydrogens is 381 g/mol. The minimum Gasteiger partial charge on any atom is -0.497 e. The summed E-state index contributed by atoms with van der Waals surface area (Å²) in [4.78, 5) is 9.90. The van der Waals surface area contributed by atoms with Crippen molar-refractivity contribution in [3.05, 3.63) is 47.9 Å². The highest BCUT2D eigenvalue weighted by molar-refractivity contribution is 5.32. The van der Waals surface area contributed by atoms with E-state index in [2.05, 4.69) is 39.2 Å². The summed E-state index contributed by atoms with van der Waals surface area (Å²) in [5.41, 5.74) is 0.249. The SMILES string of the molecule is COc1ccc(CN2C3CC(C3)[C@@H](C)C2CNc2cnc(C(F)(F)F)cn2)cc1. The number of benzene rings is 1. The van der Waals surface area contributed by atoms with Crippen molar-refractivity contribution in [1.82, 2.24) is 14.9 Å². The Morgan fingerprint density at radius 3 is 2.45 bits per heavy atom. The van der Waals surface area contributed by atoms with Crippen LogP contribution in [0.2, 0.25) is 0 Å². The van der Waals surface area contributed by atoms with Gasteiger partial charge in [0.2, 0.25) is 0 Å². The van der Waals surface area contributed by atoms with E-state index in [1.54, 1.807) is 7.11 Å². The zero-order chi connectivity index (χ0) is 20.6. The van der Waals surface area contributed by atoms with E-state index in [9.17, 15) is 13.2 Å². The normalized spacial score (nSPS) is 26.7. The molecule has 1 unspecified atom stereocenters. The third kappa shape index (κ3) is 4.17. The second kappa shape index (κ2) is 7.82. The van der Waals surface area contributed by atoms with Crippen molar-refractivity contribution in [2.45, 2.75) is 44.6 Å². The quantitative estimate of drug-likeness (QED) is 0.779. The Morgan fingerprint density at radius 2 is 1.86 bits per heavy atom. The summed E-state index contributed by atoms with van der Waals surface area (Å²) in [6.45, 7) is 3.74. The molecule has 3 heterocycles. The van der Waals surface area contributed by atoms with Gasteiger partial charge in [0.25, 0.3) is 0 Å². The highest BCUT2D eigenvalue weighted by Gasteiger charge is 2.48. The van der Waals surface area contributed by atoms with Crippen molar-refractivity contribution in [3.63, 3.8) is 0 Å². The van der Waals surface area contributed by atoms with Crippen LogP contribution in [0.1, 0.15) is 31.0 Å². The second-order valence-corrected chi connectivity index (χ2v) is 8.00. The number of ether oxygens (including phenoxy) is 1. The zero-order valence-electron chi connectivity index (χ0n) is 16.5. The van der Waals surface area contributed by atoms with Crippen molar-refractivity contribution >= 4 is 5.82 Å². The van der Waals surface area contributed by atoms with E-state index >= 15 is 0 Å². The third-order valence-corrected chi connectivity index (χ3v) is 6.35. The number of anilines is 1. The highest BCUT2D eigenvalue weighted by atomic mass is 19.4. The van der Waals surface area contributed by atoms with Gasteiger partial charge in [0.05, 0.1) is 19.5 Å². The molecule has 2 aliphatic heterocycles. The molecule has 5 rings (SSSR count). The monoisotopic (exact) mass is 406 g/mol. The Labute approximate surface area is 168 Å². The van der Waals surface area contributed by atoms with Gasteiger partial charge in [-0.1, -0.05) is 19.1 Å². The molecule has 29 heavy (non-hydrogen) atoms. The first-order valence-corrected chi connectivity index (χ1v) is 9.87. The van der Waals surface area contributed by atoms with Crippen LogP contribution in [0.4, 0.5) is 19.0 Å². The number of rotatable bonds is 6. The molecule has 3 aliphatic rings. The van der Waals surface area contributed by atoms with E-state index in [0.717, 1.165) is 30.6 Å². The van der Waals surface area contributed by atoms with Gasteiger partial charge >= 0.3 is 6.18 Å². The van der Waals surface area contributed by atoms with Crippen molar-refractivity contribution in [2.75, 3.05) is 19.0 Å². The molecule has 1 aliphatic carbocycles. The Morgan fingerprint density at radius 1 is 1.14 bits per heavy atom. The van der Waals surface area contributed by atoms with E-state index in [0.29, 0.717) is 30.4 Å². The summed E-state index contributed by atoms with van der Waals surface area (Å²) in [5, 5.41) is 3.20. The summed E-state index contributed by atoms with van der Waals surface area (Å²) in [6.07, 6.45) is -0.105. The van der Waals surface area contributed by atoms with Crippen LogP contribution in [0.5, 0.6) is 5.75 Å². The van der Waals surface area contributed by atoms with Gasteiger partial charge in [0.15, 0.2) is 5.69 Å². The fourth-order valence-electron chi connectivity index (χ4n) is 4.48. The highest BCUT2D eigenvalue weighted by Crippen LogP contribution is 2.47. The molecule has 1 saturated carbocycles. The molecule has 2 atom stereocenters. The first-order valence-electron chi connectivity index (χ1n) is 9.87. The van der Waals surface area contributed by atoms with Gasteiger partial charge < -0.3 is 10.1 Å². The zero-order valence-corrected chi connectivity index (χ0v) is 16.5. The molecule has 156 valence electrons. The number of nitrogens with zero attached hydrogens (tertiary/aromatic N) is 3. The largest absolute Gasteiger partial charge is 0.497 e. The van der Waals surface area contributed by atoms with Crippen LogP contribution >= 0.6 is 0 Å². The smallest absolute Gasteiger partial charge is 0.434 e. The molecule has 8 heteroatoms. The minimum absolute atomic E-state index is 0.290. The average molecular weight is 406 g/mol. The molecule has 2 saturated heterocycles. The van der Waals surface area contributed by atoms with Gasteiger partial charge in [-0.25, -0.2) is 9.97 Å². The van der Waals surface area contributed by atoms with E-state index < -0.39 is 11.9 Å². The Hall–Kier alpha value is -2.35. The van der Waals surface area contributed by atoms with Crippen molar-refractivity contribution in [3.8, 4) is 5.75 Å². The molecule has 3 fully saturated rings. The first-order chi connectivity index (χ1) is 13.8. The number of aromatic nitrogens is 2. The predicted octanol–water partition coefficient (Wildman–Crippen LogP) is 4.22. The lowest BCUT2D eigenvalue weighted by Gasteiger charge is -2.57. The summed E-state index contributed by atoms with van der Waals surface area (Å²) in [7, 11) is 1.65. The number of fused-ring (bicyclic) bond motifs is 2. The Bertz CT molecular complexity index is 819. The Balaban J connectivity index is 1.43. The van der Waals surface area contributed by atoms with Crippen LogP contribution in [0.25, 0.3) is 0 Å². The van der Waals surface area contributed by atoms with E-state index in [4.69, 9.17) is 4.74 Å². The lowest BCUT2D eigenvalue weighted by atomic mass is 9.64. The molecule has 0 radical (unpaired) electrons. The van der Waals surface area contributed by atoms with Gasteiger partial charge in [0.1, 0.15) is 11.6 Å². The van der Waals surface area contributed by atoms with Crippen LogP contribution in [0.3, 0.4) is 0 Å². The first kappa shape index (κ1) is 19.9. The number of alkyl halides is 3. The number of piperidine rings is 2. The fourth-order valence-corrected chi connectivity index (χ4v) is 4.48. The lowest BCUT2D eigenvalue weighted by molar-refractivity contribution is -0.141. The van der Waals surface area contributed by atoms with Gasteiger partial charge in [-0.2, -0.15) is 13.2 Å². The van der Waals surface area contributed by atoms with Gasteiger partial charge in [-0.3, -0.25) is 4.90 Å². The molecular formula is C21H25F3N4O. The molecule has 0 spiro atoms. The molecule has 1 N–H and O–H groups in total. The summed E-state index contributed by atoms with van der Waals surface area (Å²) >= 11 is 0. The average Bonchev–Trinajstić information content (AvgIpc) is 2.66. The summed E-state index contributed by atoms with van der Waals surface area (Å²) < 4.78 is 43.2. The fraction of sp³-hybridized carbons (Fsp3) is 0.524. The topological polar surface area (TPSA) is 50.3 Å². The molecule has 1 aromatic carbocycles. The molecule has 0 amide bonds. The molecule has 2 bridgehead atoms. The summed E-state index contributed by atoms with van der Waals surface area (Å²) in [6, 6.07) is 8.96. The second-order valence-electron chi connectivity index (χ2n) is 8.00. The van der Waals surface area contributed by atoms with Crippen LogP contribution in [-0.2, 0) is 12.7 Å². The molecule has 1 aromatic heterocycles. The predicted molar refractivity (Wildman–Crippen MR) is 104 cm³/mol. The lowest BCUT2D eigenvalue weighted by Crippen LogP contribution is -2.62. The van der Waals surface area contributed by atoms with Gasteiger partial charge in [-0.15, -0.1) is 0 Å². The maximum atomic E-state index is 12.7. The standard InChI is InChI=1S/C21H25F3N4O/c1-13-15-7-16(8-15)28(12-14-3-5-17(29-2)6-4-14)18(13)9-26-20-11-25-19(10-27-20)21(22,23)24/h3-6,10-11,13,15-16,18H,7-9,12H2,1-2H3,(H,26,27)/t13-,15?,16?,18?/m1/s1. The van der Waals surface area contributed by atoms with E-state index in [1.165, 1.54) is 18.4 Å². The molecule has 5 nitrogen and oxygen atoms in total. The van der Waals surface area contributed by atoms with Crippen LogP contribution in [0, 0.1) is 11.8 Å².